The molecule has 7 heteroatoms. The molecule has 0 saturated carbocycles. The largest absolute Gasteiger partial charge is 0.492 e. The number of nitrogens with zero attached hydrogens (tertiary/aromatic N) is 4. The van der Waals surface area contributed by atoms with Crippen LogP contribution >= 0.6 is 11.3 Å². The Hall–Kier alpha value is -1.86. The van der Waals surface area contributed by atoms with Crippen molar-refractivity contribution < 1.29 is 9.53 Å². The predicted octanol–water partition coefficient (Wildman–Crippen LogP) is 2.49. The van der Waals surface area contributed by atoms with E-state index in [-0.39, 0.29) is 11.9 Å². The van der Waals surface area contributed by atoms with Crippen LogP contribution in [0.5, 0.6) is 5.75 Å². The summed E-state index contributed by atoms with van der Waals surface area (Å²) in [5.74, 6) is 0.743. The molecular weight excluding hydrogens is 324 g/mol. The lowest BCUT2D eigenvalue weighted by Crippen LogP contribution is -2.42. The zero-order valence-corrected chi connectivity index (χ0v) is 15.3. The van der Waals surface area contributed by atoms with Crippen LogP contribution in [0.2, 0.25) is 0 Å². The van der Waals surface area contributed by atoms with Crippen LogP contribution in [0.15, 0.2) is 23.7 Å². The van der Waals surface area contributed by atoms with Gasteiger partial charge in [0.2, 0.25) is 0 Å². The van der Waals surface area contributed by atoms with Crippen LogP contribution in [0.3, 0.4) is 0 Å². The van der Waals surface area contributed by atoms with Gasteiger partial charge in [0, 0.05) is 12.7 Å². The maximum Gasteiger partial charge on any atom is 0.268 e. The van der Waals surface area contributed by atoms with Crippen LogP contribution < -0.4 is 4.74 Å². The minimum absolute atomic E-state index is 0.0516. The topological polar surface area (TPSA) is 50.6 Å². The first-order chi connectivity index (χ1) is 11.6. The van der Waals surface area contributed by atoms with E-state index in [9.17, 15) is 4.79 Å². The lowest BCUT2D eigenvalue weighted by Gasteiger charge is -2.34. The highest BCUT2D eigenvalue weighted by atomic mass is 32.1. The van der Waals surface area contributed by atoms with Crippen LogP contribution in [-0.2, 0) is 6.54 Å². The number of amides is 1. The van der Waals surface area contributed by atoms with Crippen LogP contribution in [0.4, 0.5) is 0 Å². The van der Waals surface area contributed by atoms with E-state index in [4.69, 9.17) is 4.74 Å². The van der Waals surface area contributed by atoms with Crippen molar-refractivity contribution in [3.05, 3.63) is 34.3 Å². The van der Waals surface area contributed by atoms with E-state index < -0.39 is 0 Å². The van der Waals surface area contributed by atoms with Crippen molar-refractivity contribution >= 4 is 17.2 Å². The summed E-state index contributed by atoms with van der Waals surface area (Å²) in [6.07, 6.45) is 2.79. The summed E-state index contributed by atoms with van der Waals surface area (Å²) in [4.78, 5) is 17.8. The molecule has 0 spiro atoms. The van der Waals surface area contributed by atoms with E-state index in [1.807, 2.05) is 35.5 Å². The molecule has 1 aliphatic rings. The van der Waals surface area contributed by atoms with Crippen molar-refractivity contribution in [2.45, 2.75) is 25.9 Å². The molecule has 0 aromatic carbocycles. The Balaban J connectivity index is 1.79. The van der Waals surface area contributed by atoms with Gasteiger partial charge in [0.15, 0.2) is 0 Å². The molecule has 0 unspecified atom stereocenters. The van der Waals surface area contributed by atoms with Gasteiger partial charge in [-0.15, -0.1) is 11.3 Å². The zero-order chi connectivity index (χ0) is 17.1. The van der Waals surface area contributed by atoms with Gasteiger partial charge < -0.3 is 14.5 Å². The number of hydrogen-bond acceptors (Lipinski definition) is 5. The molecule has 130 valence electrons. The third-order valence-electron chi connectivity index (χ3n) is 4.20. The Morgan fingerprint density at radius 2 is 2.29 bits per heavy atom. The molecular formula is C17H24N4O2S. The van der Waals surface area contributed by atoms with E-state index in [0.717, 1.165) is 18.7 Å². The second-order valence-electron chi connectivity index (χ2n) is 6.25. The van der Waals surface area contributed by atoms with Crippen LogP contribution in [-0.4, -0.2) is 59.3 Å². The summed E-state index contributed by atoms with van der Waals surface area (Å²) in [7, 11) is 4.13. The van der Waals surface area contributed by atoms with Crippen molar-refractivity contribution in [3.63, 3.8) is 0 Å². The van der Waals surface area contributed by atoms with Gasteiger partial charge in [-0.25, -0.2) is 0 Å². The Bertz CT molecular complexity index is 694. The summed E-state index contributed by atoms with van der Waals surface area (Å²) in [6, 6.07) is 4.09. The standard InChI is InChI=1S/C17H24N4O2S/c1-4-23-15-7-10-24-16(15)17(22)20-11-13-5-8-18-21(13)14(12-20)6-9-19(2)3/h5,7-8,10,14H,4,6,9,11-12H2,1-3H3/t14-/m0/s1. The SMILES string of the molecule is CCOc1ccsc1C(=O)N1Cc2ccnn2[C@@H](CCN(C)C)C1. The second kappa shape index (κ2) is 7.36. The van der Waals surface area contributed by atoms with Gasteiger partial charge in [0.05, 0.1) is 24.9 Å². The number of carbonyl (C=O) groups is 1. The Labute approximate surface area is 146 Å². The van der Waals surface area contributed by atoms with Gasteiger partial charge >= 0.3 is 0 Å². The quantitative estimate of drug-likeness (QED) is 0.805. The third-order valence-corrected chi connectivity index (χ3v) is 5.09. The molecule has 1 atom stereocenters. The Kier molecular flexibility index (Phi) is 5.20. The Morgan fingerprint density at radius 3 is 3.04 bits per heavy atom. The molecule has 0 radical (unpaired) electrons. The normalized spacial score (nSPS) is 17.2. The molecule has 3 heterocycles. The molecule has 1 amide bonds. The van der Waals surface area contributed by atoms with E-state index in [0.29, 0.717) is 30.3 Å². The fourth-order valence-corrected chi connectivity index (χ4v) is 3.83. The molecule has 24 heavy (non-hydrogen) atoms. The van der Waals surface area contributed by atoms with Gasteiger partial charge in [-0.1, -0.05) is 0 Å². The highest BCUT2D eigenvalue weighted by Gasteiger charge is 2.30. The van der Waals surface area contributed by atoms with Crippen molar-refractivity contribution in [1.82, 2.24) is 19.6 Å². The number of rotatable bonds is 6. The second-order valence-corrected chi connectivity index (χ2v) is 7.16. The van der Waals surface area contributed by atoms with Crippen molar-refractivity contribution in [3.8, 4) is 5.75 Å². The van der Waals surface area contributed by atoms with E-state index in [1.165, 1.54) is 11.3 Å². The summed E-state index contributed by atoms with van der Waals surface area (Å²) < 4.78 is 7.66. The third kappa shape index (κ3) is 3.47. The monoisotopic (exact) mass is 348 g/mol. The molecule has 0 aliphatic carbocycles. The molecule has 1 aliphatic heterocycles. The van der Waals surface area contributed by atoms with Crippen LogP contribution in [0.25, 0.3) is 0 Å². The summed E-state index contributed by atoms with van der Waals surface area (Å²) in [5, 5.41) is 6.37. The summed E-state index contributed by atoms with van der Waals surface area (Å²) >= 11 is 1.45. The van der Waals surface area contributed by atoms with Crippen molar-refractivity contribution in [2.24, 2.45) is 0 Å². The number of thiophene rings is 1. The van der Waals surface area contributed by atoms with Gasteiger partial charge in [-0.05, 0) is 51.5 Å². The number of ether oxygens (including phenoxy) is 1. The van der Waals surface area contributed by atoms with Crippen LogP contribution in [0.1, 0.15) is 34.8 Å². The minimum Gasteiger partial charge on any atom is -0.492 e. The molecule has 0 fully saturated rings. The van der Waals surface area contributed by atoms with Crippen LogP contribution in [0, 0.1) is 0 Å². The minimum atomic E-state index is 0.0516. The summed E-state index contributed by atoms with van der Waals surface area (Å²) in [6.45, 7) is 4.75. The number of fused-ring (bicyclic) bond motifs is 1. The molecule has 2 aromatic heterocycles. The highest BCUT2D eigenvalue weighted by molar-refractivity contribution is 7.12. The fourth-order valence-electron chi connectivity index (χ4n) is 3.03. The number of hydrogen-bond donors (Lipinski definition) is 0. The molecule has 0 N–H and O–H groups in total. The fraction of sp³-hybridized carbons (Fsp3) is 0.529. The lowest BCUT2D eigenvalue weighted by molar-refractivity contribution is 0.0661. The summed E-state index contributed by atoms with van der Waals surface area (Å²) in [5.41, 5.74) is 1.09. The molecule has 3 rings (SSSR count). The number of aromatic nitrogens is 2. The maximum absolute atomic E-state index is 13.0. The first-order valence-electron chi connectivity index (χ1n) is 8.26. The van der Waals surface area contributed by atoms with Gasteiger partial charge in [-0.2, -0.15) is 5.10 Å². The van der Waals surface area contributed by atoms with E-state index >= 15 is 0 Å². The molecule has 0 bridgehead atoms. The van der Waals surface area contributed by atoms with Crippen molar-refractivity contribution in [2.75, 3.05) is 33.8 Å². The molecule has 6 nitrogen and oxygen atoms in total. The zero-order valence-electron chi connectivity index (χ0n) is 14.4. The van der Waals surface area contributed by atoms with E-state index in [1.54, 1.807) is 0 Å². The molecule has 0 saturated heterocycles. The van der Waals surface area contributed by atoms with Crippen molar-refractivity contribution in [1.29, 1.82) is 0 Å². The maximum atomic E-state index is 13.0. The number of carbonyl (C=O) groups excluding carboxylic acids is 1. The van der Waals surface area contributed by atoms with E-state index in [2.05, 4.69) is 28.8 Å². The first-order valence-corrected chi connectivity index (χ1v) is 9.14. The van der Waals surface area contributed by atoms with Gasteiger partial charge in [0.25, 0.3) is 5.91 Å². The lowest BCUT2D eigenvalue weighted by atomic mass is 10.1. The van der Waals surface area contributed by atoms with Gasteiger partial charge in [-0.3, -0.25) is 9.48 Å². The highest BCUT2D eigenvalue weighted by Crippen LogP contribution is 2.30. The average molecular weight is 348 g/mol. The average Bonchev–Trinajstić information content (AvgIpc) is 3.20. The molecule has 2 aromatic rings. The smallest absolute Gasteiger partial charge is 0.268 e. The first kappa shape index (κ1) is 17.0. The predicted molar refractivity (Wildman–Crippen MR) is 94.7 cm³/mol. The Morgan fingerprint density at radius 1 is 1.46 bits per heavy atom. The van der Waals surface area contributed by atoms with Gasteiger partial charge in [0.1, 0.15) is 10.6 Å².